The van der Waals surface area contributed by atoms with Gasteiger partial charge in [0.2, 0.25) is 0 Å². The first-order valence-electron chi connectivity index (χ1n) is 3.14. The van der Waals surface area contributed by atoms with E-state index in [0.29, 0.717) is 6.54 Å². The highest BCUT2D eigenvalue weighted by Gasteiger charge is 1.76. The van der Waals surface area contributed by atoms with E-state index in [4.69, 9.17) is 10.2 Å². The Bertz CT molecular complexity index is 86.6. The van der Waals surface area contributed by atoms with Gasteiger partial charge in [0.1, 0.15) is 6.09 Å². The first-order chi connectivity index (χ1) is 5.18. The number of carbonyl (C=O) groups excluding carboxylic acids is 1. The second-order valence-electron chi connectivity index (χ2n) is 1.52. The number of quaternary nitrogens is 1. The largest absolute Gasteiger partial charge is 0.530 e. The fourth-order valence-corrected chi connectivity index (χ4v) is 0.158. The van der Waals surface area contributed by atoms with E-state index in [1.807, 2.05) is 5.32 Å². The Hall–Kier alpha value is -0.850. The summed E-state index contributed by atoms with van der Waals surface area (Å²) in [4.78, 5) is 9.42. The van der Waals surface area contributed by atoms with Gasteiger partial charge in [-0.3, -0.25) is 0 Å². The Morgan fingerprint density at radius 3 is 2.00 bits per heavy atom. The third-order valence-corrected chi connectivity index (χ3v) is 0.539. The number of aliphatic hydroxyl groups is 2. The molecule has 68 valence electrons. The molecule has 0 heterocycles. The topological polar surface area (TPSA) is 120 Å². The maximum Gasteiger partial charge on any atom is 0.134 e. The molecule has 11 heavy (non-hydrogen) atoms. The van der Waals surface area contributed by atoms with E-state index in [2.05, 4.69) is 5.73 Å². The highest BCUT2D eigenvalue weighted by atomic mass is 16.4. The average molecular weight is 166 g/mol. The van der Waals surface area contributed by atoms with Gasteiger partial charge in [-0.25, -0.2) is 0 Å². The van der Waals surface area contributed by atoms with Gasteiger partial charge in [0.25, 0.3) is 0 Å². The van der Waals surface area contributed by atoms with Gasteiger partial charge in [0.05, 0.1) is 19.8 Å². The van der Waals surface area contributed by atoms with E-state index in [9.17, 15) is 9.90 Å². The van der Waals surface area contributed by atoms with Crippen LogP contribution < -0.4 is 16.2 Å². The predicted octanol–water partition coefficient (Wildman–Crippen LogP) is -3.87. The third kappa shape index (κ3) is 27.2. The summed E-state index contributed by atoms with van der Waals surface area (Å²) in [5.41, 5.74) is 3.35. The van der Waals surface area contributed by atoms with E-state index in [-0.39, 0.29) is 19.8 Å². The Balaban J connectivity index is 0. The lowest BCUT2D eigenvalue weighted by Gasteiger charge is -2.00. The Labute approximate surface area is 64.6 Å². The first-order valence-corrected chi connectivity index (χ1v) is 3.14. The minimum absolute atomic E-state index is 0.0440. The Kier molecular flexibility index (Phi) is 13.8. The van der Waals surface area contributed by atoms with E-state index >= 15 is 0 Å². The van der Waals surface area contributed by atoms with Crippen molar-refractivity contribution >= 4 is 6.09 Å². The van der Waals surface area contributed by atoms with E-state index in [1.54, 1.807) is 0 Å². The zero-order valence-electron chi connectivity index (χ0n) is 6.25. The van der Waals surface area contributed by atoms with Gasteiger partial charge >= 0.3 is 0 Å². The normalized spacial score (nSPS) is 7.91. The molecule has 0 saturated carbocycles. The number of carbonyl (C=O) groups is 1. The summed E-state index contributed by atoms with van der Waals surface area (Å²) in [6, 6.07) is 0. The summed E-state index contributed by atoms with van der Waals surface area (Å²) in [5, 5.41) is 27.0. The summed E-state index contributed by atoms with van der Waals surface area (Å²) in [6.45, 7) is 0.691. The average Bonchev–Trinajstić information content (AvgIpc) is 2.01. The van der Waals surface area contributed by atoms with E-state index < -0.39 is 6.09 Å². The van der Waals surface area contributed by atoms with Crippen LogP contribution in [0, 0.1) is 0 Å². The molecule has 0 aromatic heterocycles. The lowest BCUT2D eigenvalue weighted by Crippen LogP contribution is -2.51. The van der Waals surface area contributed by atoms with Crippen LogP contribution in [-0.2, 0) is 0 Å². The minimum atomic E-state index is -1.35. The molecule has 0 radical (unpaired) electrons. The van der Waals surface area contributed by atoms with E-state index in [1.165, 1.54) is 0 Å². The van der Waals surface area contributed by atoms with Gasteiger partial charge in [-0.05, 0) is 0 Å². The summed E-state index contributed by atoms with van der Waals surface area (Å²) >= 11 is 0. The van der Waals surface area contributed by atoms with E-state index in [0.717, 1.165) is 0 Å². The number of rotatable bonds is 3. The number of nitrogens with one attached hydrogen (secondary N) is 1. The maximum atomic E-state index is 9.42. The highest BCUT2D eigenvalue weighted by Crippen LogP contribution is 1.52. The molecule has 6 heteroatoms. The van der Waals surface area contributed by atoms with Gasteiger partial charge in [-0.2, -0.15) is 0 Å². The number of carboxylic acid groups (broad SMARTS) is 1. The minimum Gasteiger partial charge on any atom is -0.530 e. The zero-order valence-corrected chi connectivity index (χ0v) is 6.25. The first kappa shape index (κ1) is 12.8. The van der Waals surface area contributed by atoms with Crippen molar-refractivity contribution in [2.45, 2.75) is 0 Å². The van der Waals surface area contributed by atoms with Crippen molar-refractivity contribution in [3.63, 3.8) is 0 Å². The van der Waals surface area contributed by atoms with Crippen LogP contribution in [-0.4, -0.2) is 42.6 Å². The lowest BCUT2D eigenvalue weighted by atomic mass is 10.7. The molecule has 0 bridgehead atoms. The van der Waals surface area contributed by atoms with Crippen molar-refractivity contribution in [3.8, 4) is 0 Å². The van der Waals surface area contributed by atoms with Gasteiger partial charge in [0, 0.05) is 6.54 Å². The second-order valence-corrected chi connectivity index (χ2v) is 1.52. The van der Waals surface area contributed by atoms with Crippen molar-refractivity contribution in [1.82, 2.24) is 5.32 Å². The standard InChI is InChI=1S/C3H7NO3.C2H7NO/c5-2-1-4-3(6)7;3-1-2-4/h4-5H,1-2H2,(H,6,7);4H,1-3H2. The number of aliphatic hydroxyl groups excluding tert-OH is 2. The fourth-order valence-electron chi connectivity index (χ4n) is 0.158. The number of hydrogen-bond acceptors (Lipinski definition) is 4. The zero-order chi connectivity index (χ0) is 9.11. The fraction of sp³-hybridized carbons (Fsp3) is 0.800. The molecule has 0 spiro atoms. The molecular formula is C5H14N2O4. The summed E-state index contributed by atoms with van der Waals surface area (Å²) < 4.78 is 0. The second kappa shape index (κ2) is 11.9. The van der Waals surface area contributed by atoms with Crippen LogP contribution >= 0.6 is 0 Å². The number of hydrogen-bond donors (Lipinski definition) is 4. The molecule has 0 saturated heterocycles. The van der Waals surface area contributed by atoms with Gasteiger partial charge < -0.3 is 31.2 Å². The van der Waals surface area contributed by atoms with Crippen molar-refractivity contribution in [2.24, 2.45) is 0 Å². The molecule has 0 rings (SSSR count). The van der Waals surface area contributed by atoms with Gasteiger partial charge in [-0.1, -0.05) is 0 Å². The lowest BCUT2D eigenvalue weighted by molar-refractivity contribution is -0.372. The molecule has 0 aliphatic rings. The van der Waals surface area contributed by atoms with Gasteiger partial charge in [0.15, 0.2) is 0 Å². The molecule has 6 N–H and O–H groups in total. The van der Waals surface area contributed by atoms with Crippen LogP contribution in [0.5, 0.6) is 0 Å². The van der Waals surface area contributed by atoms with Crippen LogP contribution in [0.1, 0.15) is 0 Å². The third-order valence-electron chi connectivity index (χ3n) is 0.539. The number of amides is 1. The van der Waals surface area contributed by atoms with Gasteiger partial charge in [-0.15, -0.1) is 0 Å². The van der Waals surface area contributed by atoms with Crippen LogP contribution in [0.15, 0.2) is 0 Å². The predicted molar refractivity (Wildman–Crippen MR) is 35.3 cm³/mol. The maximum absolute atomic E-state index is 9.42. The molecule has 6 nitrogen and oxygen atoms in total. The molecular weight excluding hydrogens is 152 g/mol. The molecule has 0 fully saturated rings. The molecule has 0 aromatic rings. The quantitative estimate of drug-likeness (QED) is 0.343. The molecule has 0 atom stereocenters. The summed E-state index contributed by atoms with van der Waals surface area (Å²) in [7, 11) is 0. The van der Waals surface area contributed by atoms with Crippen LogP contribution in [0.2, 0.25) is 0 Å². The highest BCUT2D eigenvalue weighted by molar-refractivity contribution is 5.61. The van der Waals surface area contributed by atoms with Crippen molar-refractivity contribution in [2.75, 3.05) is 26.3 Å². The SMILES string of the molecule is O=C([O-])NCCO.[NH3+]CCO. The molecule has 0 unspecified atom stereocenters. The molecule has 1 amide bonds. The smallest absolute Gasteiger partial charge is 0.134 e. The molecule has 0 aromatic carbocycles. The van der Waals surface area contributed by atoms with Crippen LogP contribution in [0.25, 0.3) is 0 Å². The van der Waals surface area contributed by atoms with Crippen molar-refractivity contribution in [3.05, 3.63) is 0 Å². The summed E-state index contributed by atoms with van der Waals surface area (Å²) in [6.07, 6.45) is -1.35. The summed E-state index contributed by atoms with van der Waals surface area (Å²) in [5.74, 6) is 0. The van der Waals surface area contributed by atoms with Crippen LogP contribution in [0.3, 0.4) is 0 Å². The van der Waals surface area contributed by atoms with Crippen molar-refractivity contribution < 1.29 is 25.8 Å². The monoisotopic (exact) mass is 166 g/mol. The Morgan fingerprint density at radius 1 is 1.45 bits per heavy atom. The Morgan fingerprint density at radius 2 is 1.91 bits per heavy atom. The molecule has 0 aliphatic heterocycles. The van der Waals surface area contributed by atoms with Crippen LogP contribution in [0.4, 0.5) is 4.79 Å². The van der Waals surface area contributed by atoms with Crippen molar-refractivity contribution in [1.29, 1.82) is 0 Å². The molecule has 0 aliphatic carbocycles.